The van der Waals surface area contributed by atoms with Crippen molar-refractivity contribution < 1.29 is 0 Å². The van der Waals surface area contributed by atoms with Gasteiger partial charge >= 0.3 is 5.69 Å². The lowest BCUT2D eigenvalue weighted by Crippen LogP contribution is -2.37. The number of nitrogens with two attached hydrogens (primary N) is 1. The van der Waals surface area contributed by atoms with Gasteiger partial charge in [0.05, 0.1) is 0 Å². The largest absolute Gasteiger partial charge is 0.336 e. The van der Waals surface area contributed by atoms with E-state index in [2.05, 4.69) is 19.9 Å². The van der Waals surface area contributed by atoms with Gasteiger partial charge in [0.25, 0.3) is 5.56 Å². The van der Waals surface area contributed by atoms with Gasteiger partial charge in [-0.1, -0.05) is 20.8 Å². The topological polar surface area (TPSA) is 120 Å². The first kappa shape index (κ1) is 12.6. The van der Waals surface area contributed by atoms with Gasteiger partial charge in [-0.25, -0.2) is 9.78 Å². The summed E-state index contributed by atoms with van der Waals surface area (Å²) in [6.45, 7) is 6.11. The molecule has 0 saturated heterocycles. The van der Waals surface area contributed by atoms with E-state index in [9.17, 15) is 9.59 Å². The smallest absolute Gasteiger partial charge is 0.327 e. The number of H-pyrrole nitrogens is 3. The molecule has 0 aliphatic heterocycles. The van der Waals surface area contributed by atoms with Crippen LogP contribution in [0.15, 0.2) is 9.59 Å². The molecule has 0 aliphatic rings. The van der Waals surface area contributed by atoms with Crippen LogP contribution in [0.25, 0.3) is 11.2 Å². The van der Waals surface area contributed by atoms with Crippen molar-refractivity contribution >= 4 is 11.2 Å². The molecule has 5 N–H and O–H groups in total. The highest BCUT2D eigenvalue weighted by Gasteiger charge is 2.22. The van der Waals surface area contributed by atoms with Gasteiger partial charge in [0.2, 0.25) is 0 Å². The molecule has 0 saturated carbocycles. The van der Waals surface area contributed by atoms with Gasteiger partial charge < -0.3 is 10.7 Å². The molecule has 0 aliphatic carbocycles. The van der Waals surface area contributed by atoms with E-state index >= 15 is 0 Å². The number of nitrogens with zero attached hydrogens (tertiary/aromatic N) is 1. The third-order valence-corrected chi connectivity index (χ3v) is 2.96. The molecule has 0 bridgehead atoms. The fourth-order valence-corrected chi connectivity index (χ4v) is 1.59. The first-order valence-corrected chi connectivity index (χ1v) is 5.74. The molecule has 2 heterocycles. The Morgan fingerprint density at radius 2 is 1.89 bits per heavy atom. The highest BCUT2D eigenvalue weighted by atomic mass is 16.2. The zero-order valence-electron chi connectivity index (χ0n) is 10.6. The van der Waals surface area contributed by atoms with Gasteiger partial charge in [0, 0.05) is 12.5 Å². The first-order chi connectivity index (χ1) is 8.27. The molecule has 98 valence electrons. The number of imidazole rings is 1. The summed E-state index contributed by atoms with van der Waals surface area (Å²) in [6, 6.07) is -0.0936. The minimum Gasteiger partial charge on any atom is -0.336 e. The summed E-state index contributed by atoms with van der Waals surface area (Å²) in [6.07, 6.45) is 0.514. The molecule has 0 radical (unpaired) electrons. The fraction of sp³-hybridized carbons (Fsp3) is 0.545. The van der Waals surface area contributed by atoms with Gasteiger partial charge in [-0.3, -0.25) is 14.8 Å². The molecule has 0 spiro atoms. The quantitative estimate of drug-likeness (QED) is 0.593. The minimum absolute atomic E-state index is 0.0567. The Bertz CT molecular complexity index is 673. The molecule has 1 unspecified atom stereocenters. The second-order valence-electron chi connectivity index (χ2n) is 5.49. The van der Waals surface area contributed by atoms with Crippen LogP contribution < -0.4 is 17.0 Å². The summed E-state index contributed by atoms with van der Waals surface area (Å²) in [7, 11) is 0. The number of nitrogens with one attached hydrogen (secondary N) is 3. The van der Waals surface area contributed by atoms with E-state index in [4.69, 9.17) is 5.73 Å². The molecule has 1 atom stereocenters. The maximum atomic E-state index is 11.5. The minimum atomic E-state index is -0.564. The van der Waals surface area contributed by atoms with Gasteiger partial charge in [0.15, 0.2) is 5.65 Å². The van der Waals surface area contributed by atoms with E-state index in [-0.39, 0.29) is 22.6 Å². The van der Waals surface area contributed by atoms with Gasteiger partial charge in [-0.05, 0) is 5.41 Å². The Morgan fingerprint density at radius 1 is 1.22 bits per heavy atom. The maximum absolute atomic E-state index is 11.5. The molecule has 7 heteroatoms. The van der Waals surface area contributed by atoms with Crippen molar-refractivity contribution in [1.82, 2.24) is 19.9 Å². The summed E-state index contributed by atoms with van der Waals surface area (Å²) in [4.78, 5) is 34.3. The van der Waals surface area contributed by atoms with E-state index < -0.39 is 11.2 Å². The van der Waals surface area contributed by atoms with E-state index in [0.717, 1.165) is 0 Å². The van der Waals surface area contributed by atoms with Crippen LogP contribution >= 0.6 is 0 Å². The second kappa shape index (κ2) is 4.09. The van der Waals surface area contributed by atoms with E-state index in [0.29, 0.717) is 12.2 Å². The number of rotatable bonds is 2. The summed E-state index contributed by atoms with van der Waals surface area (Å²) < 4.78 is 0. The summed E-state index contributed by atoms with van der Waals surface area (Å²) in [5.41, 5.74) is 5.49. The number of aromatic nitrogens is 4. The zero-order valence-corrected chi connectivity index (χ0v) is 10.6. The average molecular weight is 251 g/mol. The molecule has 0 aromatic carbocycles. The second-order valence-corrected chi connectivity index (χ2v) is 5.49. The molecule has 2 aromatic heterocycles. The van der Waals surface area contributed by atoms with Gasteiger partial charge in [0.1, 0.15) is 11.3 Å². The van der Waals surface area contributed by atoms with Crippen molar-refractivity contribution in [2.75, 3.05) is 0 Å². The lowest BCUT2D eigenvalue weighted by atomic mass is 9.85. The molecule has 7 nitrogen and oxygen atoms in total. The molecule has 2 rings (SSSR count). The summed E-state index contributed by atoms with van der Waals surface area (Å²) in [5.74, 6) is 0.597. The Labute approximate surface area is 103 Å². The average Bonchev–Trinajstić information content (AvgIpc) is 2.58. The number of hydrogen-bond donors (Lipinski definition) is 4. The van der Waals surface area contributed by atoms with Crippen LogP contribution in [0.4, 0.5) is 0 Å². The summed E-state index contributed by atoms with van der Waals surface area (Å²) in [5, 5.41) is 0. The molecule has 2 aromatic rings. The lowest BCUT2D eigenvalue weighted by Gasteiger charge is -2.26. The molecular weight excluding hydrogens is 234 g/mol. The van der Waals surface area contributed by atoms with Crippen LogP contribution in [0.2, 0.25) is 0 Å². The van der Waals surface area contributed by atoms with Crippen LogP contribution in [0.3, 0.4) is 0 Å². The van der Waals surface area contributed by atoms with Crippen molar-refractivity contribution in [2.24, 2.45) is 11.1 Å². The van der Waals surface area contributed by atoms with Crippen molar-refractivity contribution in [3.8, 4) is 0 Å². The van der Waals surface area contributed by atoms with Crippen LogP contribution in [-0.2, 0) is 6.42 Å². The van der Waals surface area contributed by atoms with E-state index in [1.165, 1.54) is 0 Å². The van der Waals surface area contributed by atoms with Gasteiger partial charge in [-0.15, -0.1) is 0 Å². The van der Waals surface area contributed by atoms with Crippen LogP contribution in [-0.4, -0.2) is 26.0 Å². The predicted molar refractivity (Wildman–Crippen MR) is 68.5 cm³/mol. The monoisotopic (exact) mass is 251 g/mol. The molecular formula is C11H17N5O2. The maximum Gasteiger partial charge on any atom is 0.327 e. The fourth-order valence-electron chi connectivity index (χ4n) is 1.59. The third-order valence-electron chi connectivity index (χ3n) is 2.96. The molecule has 0 amide bonds. The molecule has 18 heavy (non-hydrogen) atoms. The van der Waals surface area contributed by atoms with Crippen LogP contribution in [0.5, 0.6) is 0 Å². The van der Waals surface area contributed by atoms with Crippen molar-refractivity contribution in [2.45, 2.75) is 33.2 Å². The third kappa shape index (κ3) is 2.35. The SMILES string of the molecule is CC(C)(C)C(N)Cc1nc2[nH]c(=O)[nH]c(=O)c2[nH]1. The zero-order chi connectivity index (χ0) is 13.5. The van der Waals surface area contributed by atoms with E-state index in [1.54, 1.807) is 0 Å². The van der Waals surface area contributed by atoms with E-state index in [1.807, 2.05) is 20.8 Å². The predicted octanol–water partition coefficient (Wildman–Crippen LogP) is -0.145. The first-order valence-electron chi connectivity index (χ1n) is 5.74. The number of hydrogen-bond acceptors (Lipinski definition) is 4. The molecule has 0 fully saturated rings. The van der Waals surface area contributed by atoms with Crippen molar-refractivity contribution in [3.05, 3.63) is 26.7 Å². The highest BCUT2D eigenvalue weighted by Crippen LogP contribution is 2.20. The Kier molecular flexibility index (Phi) is 2.86. The summed E-state index contributed by atoms with van der Waals surface area (Å²) >= 11 is 0. The van der Waals surface area contributed by atoms with Crippen LogP contribution in [0, 0.1) is 5.41 Å². The van der Waals surface area contributed by atoms with Crippen molar-refractivity contribution in [3.63, 3.8) is 0 Å². The lowest BCUT2D eigenvalue weighted by molar-refractivity contribution is 0.315. The number of fused-ring (bicyclic) bond motifs is 1. The van der Waals surface area contributed by atoms with Gasteiger partial charge in [-0.2, -0.15) is 0 Å². The highest BCUT2D eigenvalue weighted by molar-refractivity contribution is 5.68. The van der Waals surface area contributed by atoms with Crippen molar-refractivity contribution in [1.29, 1.82) is 0 Å². The van der Waals surface area contributed by atoms with Crippen LogP contribution in [0.1, 0.15) is 26.6 Å². The Morgan fingerprint density at radius 3 is 2.50 bits per heavy atom. The Balaban J connectivity index is 2.40. The Hall–Kier alpha value is -1.89. The normalized spacial score (nSPS) is 14.0. The number of aromatic amines is 3. The standard InChI is InChI=1S/C11H17N5O2/c1-11(2,3)5(12)4-6-13-7-8(14-6)15-10(18)16-9(7)17/h5H,4,12H2,1-3H3,(H3,13,14,15,16,17,18).